The van der Waals surface area contributed by atoms with Crippen molar-refractivity contribution >= 4 is 23.2 Å². The van der Waals surface area contributed by atoms with Gasteiger partial charge in [-0.1, -0.05) is 0 Å². The molecule has 0 aromatic heterocycles. The van der Waals surface area contributed by atoms with Gasteiger partial charge in [0.2, 0.25) is 11.8 Å². The maximum Gasteiger partial charge on any atom is 0.221 e. The van der Waals surface area contributed by atoms with Crippen LogP contribution in [-0.4, -0.2) is 11.8 Å². The Balaban J connectivity index is 2.56. The van der Waals surface area contributed by atoms with E-state index in [0.29, 0.717) is 0 Å². The van der Waals surface area contributed by atoms with E-state index in [-0.39, 0.29) is 11.4 Å². The molecule has 0 saturated carbocycles. The topological polar surface area (TPSA) is 58.2 Å². The number of carbonyl (C=O) groups excluding carboxylic acids is 2. The SMILES string of the molecule is CC(=O)Nc1cc(F)c(-c2c(F)cc(NC(C)=O)cc2F)c(F)c1. The van der Waals surface area contributed by atoms with Gasteiger partial charge in [-0.25, -0.2) is 17.6 Å². The van der Waals surface area contributed by atoms with Crippen molar-refractivity contribution in [2.24, 2.45) is 0 Å². The third-order valence-electron chi connectivity index (χ3n) is 2.97. The minimum absolute atomic E-state index is 0.183. The van der Waals surface area contributed by atoms with E-state index >= 15 is 0 Å². The third kappa shape index (κ3) is 3.70. The van der Waals surface area contributed by atoms with Gasteiger partial charge < -0.3 is 10.6 Å². The monoisotopic (exact) mass is 340 g/mol. The summed E-state index contributed by atoms with van der Waals surface area (Å²) in [6, 6.07) is 3.00. The van der Waals surface area contributed by atoms with Gasteiger partial charge in [-0.05, 0) is 24.3 Å². The smallest absolute Gasteiger partial charge is 0.221 e. The third-order valence-corrected chi connectivity index (χ3v) is 2.97. The lowest BCUT2D eigenvalue weighted by molar-refractivity contribution is -0.115. The standard InChI is InChI=1S/C16H12F4N2O2/c1-7(23)21-9-3-11(17)15(12(18)4-9)16-13(19)5-10(6-14(16)20)22-8(2)24/h3-6H,1-2H3,(H,21,23)(H,22,24). The van der Waals surface area contributed by atoms with E-state index < -0.39 is 46.2 Å². The molecular formula is C16H12F4N2O2. The molecule has 2 N–H and O–H groups in total. The molecule has 0 bridgehead atoms. The molecule has 4 nitrogen and oxygen atoms in total. The zero-order valence-corrected chi connectivity index (χ0v) is 12.6. The van der Waals surface area contributed by atoms with Crippen LogP contribution in [0.3, 0.4) is 0 Å². The molecule has 0 spiro atoms. The molecule has 0 atom stereocenters. The molecule has 0 aliphatic heterocycles. The Morgan fingerprint density at radius 3 is 1.12 bits per heavy atom. The maximum absolute atomic E-state index is 14.1. The van der Waals surface area contributed by atoms with Gasteiger partial charge in [0.1, 0.15) is 23.3 Å². The lowest BCUT2D eigenvalue weighted by Crippen LogP contribution is -2.08. The zero-order valence-electron chi connectivity index (χ0n) is 12.6. The summed E-state index contributed by atoms with van der Waals surface area (Å²) in [5, 5.41) is 4.34. The van der Waals surface area contributed by atoms with E-state index in [9.17, 15) is 27.2 Å². The molecule has 0 saturated heterocycles. The van der Waals surface area contributed by atoms with Crippen molar-refractivity contribution in [3.8, 4) is 11.1 Å². The molecule has 0 heterocycles. The van der Waals surface area contributed by atoms with E-state index in [1.807, 2.05) is 0 Å². The van der Waals surface area contributed by atoms with Crippen molar-refractivity contribution in [3.05, 3.63) is 47.5 Å². The quantitative estimate of drug-likeness (QED) is 0.835. The molecule has 2 aromatic carbocycles. The van der Waals surface area contributed by atoms with E-state index in [1.54, 1.807) is 0 Å². The first-order chi connectivity index (χ1) is 11.2. The number of rotatable bonds is 3. The molecule has 0 aliphatic rings. The number of anilines is 2. The van der Waals surface area contributed by atoms with Gasteiger partial charge in [0.25, 0.3) is 0 Å². The summed E-state index contributed by atoms with van der Waals surface area (Å²) in [6.07, 6.45) is 0. The average molecular weight is 340 g/mol. The Labute approximate surface area is 134 Å². The number of hydrogen-bond donors (Lipinski definition) is 2. The fourth-order valence-electron chi connectivity index (χ4n) is 2.17. The van der Waals surface area contributed by atoms with Crippen molar-refractivity contribution in [1.82, 2.24) is 0 Å². The number of amides is 2. The normalized spacial score (nSPS) is 10.4. The van der Waals surface area contributed by atoms with Crippen molar-refractivity contribution < 1.29 is 27.2 Å². The maximum atomic E-state index is 14.1. The zero-order chi connectivity index (χ0) is 18.0. The lowest BCUT2D eigenvalue weighted by atomic mass is 10.0. The summed E-state index contributed by atoms with van der Waals surface area (Å²) in [6.45, 7) is 2.29. The summed E-state index contributed by atoms with van der Waals surface area (Å²) < 4.78 is 56.5. The highest BCUT2D eigenvalue weighted by molar-refractivity contribution is 5.90. The molecule has 126 valence electrons. The van der Waals surface area contributed by atoms with Gasteiger partial charge in [0.15, 0.2) is 0 Å². The largest absolute Gasteiger partial charge is 0.326 e. The Morgan fingerprint density at radius 1 is 0.667 bits per heavy atom. The number of halogens is 4. The Bertz CT molecular complexity index is 721. The first-order valence-corrected chi connectivity index (χ1v) is 6.72. The number of benzene rings is 2. The van der Waals surface area contributed by atoms with Crippen LogP contribution in [0.2, 0.25) is 0 Å². The summed E-state index contributed by atoms with van der Waals surface area (Å²) in [4.78, 5) is 21.8. The summed E-state index contributed by atoms with van der Waals surface area (Å²) in [5.74, 6) is -6.10. The van der Waals surface area contributed by atoms with Crippen LogP contribution in [0.5, 0.6) is 0 Å². The Hall–Kier alpha value is -2.90. The molecule has 0 aliphatic carbocycles. The van der Waals surface area contributed by atoms with Gasteiger partial charge in [-0.2, -0.15) is 0 Å². The van der Waals surface area contributed by atoms with Crippen LogP contribution in [0.25, 0.3) is 11.1 Å². The van der Waals surface area contributed by atoms with Crippen LogP contribution in [0.15, 0.2) is 24.3 Å². The molecule has 8 heteroatoms. The van der Waals surface area contributed by atoms with E-state index in [0.717, 1.165) is 38.1 Å². The van der Waals surface area contributed by atoms with Gasteiger partial charge in [-0.3, -0.25) is 9.59 Å². The Morgan fingerprint density at radius 2 is 0.917 bits per heavy atom. The predicted octanol–water partition coefficient (Wildman–Crippen LogP) is 3.83. The fraction of sp³-hybridized carbons (Fsp3) is 0.125. The molecule has 2 amide bonds. The second-order valence-corrected chi connectivity index (χ2v) is 4.99. The predicted molar refractivity (Wildman–Crippen MR) is 80.3 cm³/mol. The van der Waals surface area contributed by atoms with Gasteiger partial charge >= 0.3 is 0 Å². The molecule has 0 radical (unpaired) electrons. The molecule has 2 rings (SSSR count). The van der Waals surface area contributed by atoms with Crippen LogP contribution in [0, 0.1) is 23.3 Å². The molecule has 2 aromatic rings. The van der Waals surface area contributed by atoms with Crippen molar-refractivity contribution in [3.63, 3.8) is 0 Å². The molecule has 24 heavy (non-hydrogen) atoms. The van der Waals surface area contributed by atoms with E-state index in [2.05, 4.69) is 10.6 Å². The minimum Gasteiger partial charge on any atom is -0.326 e. The minimum atomic E-state index is -1.25. The van der Waals surface area contributed by atoms with Gasteiger partial charge in [0, 0.05) is 25.2 Å². The number of hydrogen-bond acceptors (Lipinski definition) is 2. The summed E-state index contributed by atoms with van der Waals surface area (Å²) in [5.41, 5.74) is -2.18. The first-order valence-electron chi connectivity index (χ1n) is 6.72. The highest BCUT2D eigenvalue weighted by atomic mass is 19.1. The number of nitrogens with one attached hydrogen (secondary N) is 2. The van der Waals surface area contributed by atoms with E-state index in [4.69, 9.17) is 0 Å². The van der Waals surface area contributed by atoms with Crippen LogP contribution in [0.4, 0.5) is 28.9 Å². The van der Waals surface area contributed by atoms with Crippen LogP contribution < -0.4 is 10.6 Å². The first kappa shape index (κ1) is 17.5. The second kappa shape index (κ2) is 6.69. The van der Waals surface area contributed by atoms with E-state index in [1.165, 1.54) is 0 Å². The van der Waals surface area contributed by atoms with Gasteiger partial charge in [0.05, 0.1) is 11.1 Å². The fourth-order valence-corrected chi connectivity index (χ4v) is 2.17. The van der Waals surface area contributed by atoms with Crippen molar-refractivity contribution in [2.45, 2.75) is 13.8 Å². The number of carbonyl (C=O) groups is 2. The van der Waals surface area contributed by atoms with Crippen molar-refractivity contribution in [1.29, 1.82) is 0 Å². The lowest BCUT2D eigenvalue weighted by Gasteiger charge is -2.12. The molecule has 0 unspecified atom stereocenters. The van der Waals surface area contributed by atoms with Crippen molar-refractivity contribution in [2.75, 3.05) is 10.6 Å². The highest BCUT2D eigenvalue weighted by Crippen LogP contribution is 2.34. The van der Waals surface area contributed by atoms with Crippen LogP contribution in [0.1, 0.15) is 13.8 Å². The van der Waals surface area contributed by atoms with Gasteiger partial charge in [-0.15, -0.1) is 0 Å². The molecule has 0 fully saturated rings. The average Bonchev–Trinajstić information content (AvgIpc) is 2.39. The highest BCUT2D eigenvalue weighted by Gasteiger charge is 2.22. The summed E-state index contributed by atoms with van der Waals surface area (Å²) >= 11 is 0. The Kier molecular flexibility index (Phi) is 4.87. The second-order valence-electron chi connectivity index (χ2n) is 4.99. The van der Waals surface area contributed by atoms with Crippen LogP contribution >= 0.6 is 0 Å². The van der Waals surface area contributed by atoms with Crippen LogP contribution in [-0.2, 0) is 9.59 Å². The molecular weight excluding hydrogens is 328 g/mol. The summed E-state index contributed by atoms with van der Waals surface area (Å²) in [7, 11) is 0.